The van der Waals surface area contributed by atoms with E-state index < -0.39 is 0 Å². The molecule has 1 N–H and O–H groups in total. The van der Waals surface area contributed by atoms with Crippen molar-refractivity contribution < 1.29 is 4.79 Å². The molecule has 0 aliphatic rings. The maximum absolute atomic E-state index is 11.7. The highest BCUT2D eigenvalue weighted by atomic mass is 79.9. The van der Waals surface area contributed by atoms with E-state index in [1.807, 2.05) is 19.1 Å². The maximum atomic E-state index is 11.7. The molecule has 0 spiro atoms. The smallest absolute Gasteiger partial charge is 0.252 e. The van der Waals surface area contributed by atoms with Gasteiger partial charge in [-0.05, 0) is 46.1 Å². The number of azide groups is 1. The molecule has 16 heavy (non-hydrogen) atoms. The molecule has 0 aliphatic heterocycles. The van der Waals surface area contributed by atoms with E-state index in [4.69, 9.17) is 5.53 Å². The van der Waals surface area contributed by atoms with Crippen molar-refractivity contribution in [3.8, 4) is 0 Å². The van der Waals surface area contributed by atoms with Crippen molar-refractivity contribution in [3.63, 3.8) is 0 Å². The molecule has 0 bridgehead atoms. The molecule has 0 radical (unpaired) electrons. The van der Waals surface area contributed by atoms with E-state index in [0.717, 1.165) is 10.0 Å². The minimum atomic E-state index is -0.181. The van der Waals surface area contributed by atoms with Crippen LogP contribution in [-0.2, 0) is 0 Å². The van der Waals surface area contributed by atoms with Crippen molar-refractivity contribution >= 4 is 21.8 Å². The number of carbonyl (C=O) groups is 1. The van der Waals surface area contributed by atoms with Crippen molar-refractivity contribution in [2.45, 2.75) is 6.92 Å². The van der Waals surface area contributed by atoms with Gasteiger partial charge in [-0.25, -0.2) is 0 Å². The molecule has 1 aromatic rings. The average Bonchev–Trinajstić information content (AvgIpc) is 2.24. The minimum Gasteiger partial charge on any atom is -0.352 e. The zero-order valence-electron chi connectivity index (χ0n) is 8.77. The number of aryl methyl sites for hydroxylation is 1. The molecule has 0 aromatic heterocycles. The SMILES string of the molecule is Cc1ccc(C(=O)NCCN=[N+]=[N-])c(Br)c1. The molecule has 1 aromatic carbocycles. The van der Waals surface area contributed by atoms with Gasteiger partial charge in [0.1, 0.15) is 0 Å². The van der Waals surface area contributed by atoms with Crippen LogP contribution >= 0.6 is 15.9 Å². The van der Waals surface area contributed by atoms with E-state index in [1.54, 1.807) is 6.07 Å². The Balaban J connectivity index is 2.62. The number of rotatable bonds is 4. The number of benzene rings is 1. The van der Waals surface area contributed by atoms with Gasteiger partial charge in [0.25, 0.3) is 5.91 Å². The number of halogens is 1. The first-order chi connectivity index (χ1) is 7.65. The van der Waals surface area contributed by atoms with Crippen molar-refractivity contribution in [2.75, 3.05) is 13.1 Å². The first-order valence-corrected chi connectivity index (χ1v) is 5.49. The molecular weight excluding hydrogens is 272 g/mol. The summed E-state index contributed by atoms with van der Waals surface area (Å²) in [6.07, 6.45) is 0. The number of amides is 1. The quantitative estimate of drug-likeness (QED) is 0.392. The van der Waals surface area contributed by atoms with Gasteiger partial charge in [0.15, 0.2) is 0 Å². The Kier molecular flexibility index (Phi) is 4.82. The fourth-order valence-corrected chi connectivity index (χ4v) is 1.84. The molecule has 0 saturated heterocycles. The number of nitrogens with one attached hydrogen (secondary N) is 1. The Morgan fingerprint density at radius 2 is 2.38 bits per heavy atom. The Bertz CT molecular complexity index is 440. The van der Waals surface area contributed by atoms with E-state index in [-0.39, 0.29) is 12.5 Å². The lowest BCUT2D eigenvalue weighted by Gasteiger charge is -2.05. The van der Waals surface area contributed by atoms with Gasteiger partial charge < -0.3 is 5.32 Å². The van der Waals surface area contributed by atoms with Crippen molar-refractivity contribution in [1.82, 2.24) is 5.32 Å². The third-order valence-corrected chi connectivity index (χ3v) is 2.59. The topological polar surface area (TPSA) is 77.9 Å². The largest absolute Gasteiger partial charge is 0.352 e. The van der Waals surface area contributed by atoms with Crippen LogP contribution in [-0.4, -0.2) is 19.0 Å². The molecule has 0 unspecified atom stereocenters. The molecule has 5 nitrogen and oxygen atoms in total. The van der Waals surface area contributed by atoms with Gasteiger partial charge in [0.2, 0.25) is 0 Å². The number of hydrogen-bond donors (Lipinski definition) is 1. The van der Waals surface area contributed by atoms with Crippen molar-refractivity contribution in [1.29, 1.82) is 0 Å². The van der Waals surface area contributed by atoms with Crippen LogP contribution in [0.15, 0.2) is 27.8 Å². The number of hydrogen-bond acceptors (Lipinski definition) is 2. The lowest BCUT2D eigenvalue weighted by molar-refractivity contribution is 0.0954. The number of carbonyl (C=O) groups excluding carboxylic acids is 1. The van der Waals surface area contributed by atoms with E-state index in [9.17, 15) is 4.79 Å². The van der Waals surface area contributed by atoms with Gasteiger partial charge in [-0.3, -0.25) is 4.79 Å². The fourth-order valence-electron chi connectivity index (χ4n) is 1.16. The Hall–Kier alpha value is -1.52. The monoisotopic (exact) mass is 282 g/mol. The first kappa shape index (κ1) is 12.5. The molecule has 0 fully saturated rings. The van der Waals surface area contributed by atoms with Gasteiger partial charge >= 0.3 is 0 Å². The molecule has 1 amide bonds. The van der Waals surface area contributed by atoms with E-state index in [0.29, 0.717) is 12.1 Å². The molecule has 0 heterocycles. The van der Waals surface area contributed by atoms with Crippen LogP contribution in [0.5, 0.6) is 0 Å². The summed E-state index contributed by atoms with van der Waals surface area (Å²) in [7, 11) is 0. The highest BCUT2D eigenvalue weighted by Gasteiger charge is 2.08. The van der Waals surface area contributed by atoms with Crippen LogP contribution in [0.4, 0.5) is 0 Å². The standard InChI is InChI=1S/C10H11BrN4O/c1-7-2-3-8(9(11)6-7)10(16)13-4-5-14-15-12/h2-3,6H,4-5H2,1H3,(H,13,16). The second kappa shape index (κ2) is 6.15. The zero-order chi connectivity index (χ0) is 12.0. The molecule has 1 rings (SSSR count). The Morgan fingerprint density at radius 3 is 3.00 bits per heavy atom. The van der Waals surface area contributed by atoms with Crippen LogP contribution in [0.25, 0.3) is 10.4 Å². The normalized spacial score (nSPS) is 9.38. The fraction of sp³-hybridized carbons (Fsp3) is 0.300. The highest BCUT2D eigenvalue weighted by molar-refractivity contribution is 9.10. The summed E-state index contributed by atoms with van der Waals surface area (Å²) in [5, 5.41) is 5.99. The molecule has 0 aliphatic carbocycles. The molecule has 0 saturated carbocycles. The van der Waals surface area contributed by atoms with Gasteiger partial charge in [-0.15, -0.1) is 0 Å². The third kappa shape index (κ3) is 3.56. The summed E-state index contributed by atoms with van der Waals surface area (Å²) < 4.78 is 0.758. The van der Waals surface area contributed by atoms with Crippen molar-refractivity contribution in [3.05, 3.63) is 44.2 Å². The Morgan fingerprint density at radius 1 is 1.62 bits per heavy atom. The lowest BCUT2D eigenvalue weighted by Crippen LogP contribution is -2.26. The van der Waals surface area contributed by atoms with E-state index in [1.165, 1.54) is 0 Å². The van der Waals surface area contributed by atoms with E-state index in [2.05, 4.69) is 31.3 Å². The molecule has 0 atom stereocenters. The summed E-state index contributed by atoms with van der Waals surface area (Å²) in [5.74, 6) is -0.181. The predicted octanol–water partition coefficient (Wildman–Crippen LogP) is 2.80. The lowest BCUT2D eigenvalue weighted by atomic mass is 10.1. The Labute approximate surface area is 102 Å². The maximum Gasteiger partial charge on any atom is 0.252 e. The summed E-state index contributed by atoms with van der Waals surface area (Å²) >= 11 is 3.33. The van der Waals surface area contributed by atoms with Gasteiger partial charge in [-0.1, -0.05) is 11.2 Å². The van der Waals surface area contributed by atoms with E-state index >= 15 is 0 Å². The molecule has 6 heteroatoms. The van der Waals surface area contributed by atoms with Gasteiger partial charge in [-0.2, -0.15) is 0 Å². The number of nitrogens with zero attached hydrogens (tertiary/aromatic N) is 3. The predicted molar refractivity (Wildman–Crippen MR) is 65.2 cm³/mol. The van der Waals surface area contributed by atoms with Crippen LogP contribution < -0.4 is 5.32 Å². The summed E-state index contributed by atoms with van der Waals surface area (Å²) in [4.78, 5) is 14.3. The van der Waals surface area contributed by atoms with Crippen molar-refractivity contribution in [2.24, 2.45) is 5.11 Å². The molecular formula is C10H11BrN4O. The second-order valence-electron chi connectivity index (χ2n) is 3.19. The summed E-state index contributed by atoms with van der Waals surface area (Å²) in [5.41, 5.74) is 9.72. The van der Waals surface area contributed by atoms with Gasteiger partial charge in [0, 0.05) is 22.5 Å². The van der Waals surface area contributed by atoms with Crippen LogP contribution in [0, 0.1) is 6.92 Å². The summed E-state index contributed by atoms with van der Waals surface area (Å²) in [6, 6.07) is 5.50. The third-order valence-electron chi connectivity index (χ3n) is 1.93. The minimum absolute atomic E-state index is 0.181. The average molecular weight is 283 g/mol. The highest BCUT2D eigenvalue weighted by Crippen LogP contribution is 2.17. The van der Waals surface area contributed by atoms with Crippen LogP contribution in [0.2, 0.25) is 0 Å². The zero-order valence-corrected chi connectivity index (χ0v) is 10.4. The van der Waals surface area contributed by atoms with Gasteiger partial charge in [0.05, 0.1) is 5.56 Å². The van der Waals surface area contributed by atoms with Crippen LogP contribution in [0.1, 0.15) is 15.9 Å². The summed E-state index contributed by atoms with van der Waals surface area (Å²) in [6.45, 7) is 2.54. The molecule has 84 valence electrons. The second-order valence-corrected chi connectivity index (χ2v) is 4.05. The first-order valence-electron chi connectivity index (χ1n) is 4.70. The van der Waals surface area contributed by atoms with Crippen LogP contribution in [0.3, 0.4) is 0 Å².